The van der Waals surface area contributed by atoms with Gasteiger partial charge in [0.25, 0.3) is 11.8 Å². The Morgan fingerprint density at radius 3 is 2.50 bits per heavy atom. The van der Waals surface area contributed by atoms with Gasteiger partial charge in [0.15, 0.2) is 5.75 Å². The third kappa shape index (κ3) is 4.69. The lowest BCUT2D eigenvalue weighted by Gasteiger charge is -2.17. The highest BCUT2D eigenvalue weighted by Crippen LogP contribution is 2.38. The van der Waals surface area contributed by atoms with Crippen molar-refractivity contribution in [2.75, 3.05) is 12.4 Å². The number of hydrogen-bond donors (Lipinski definition) is 4. The fourth-order valence-electron chi connectivity index (χ4n) is 2.23. The van der Waals surface area contributed by atoms with Crippen molar-refractivity contribution in [3.8, 4) is 5.75 Å². The van der Waals surface area contributed by atoms with E-state index in [4.69, 9.17) is 11.6 Å². The summed E-state index contributed by atoms with van der Waals surface area (Å²) in [7, 11) is 3.03. The number of hydrogen-bond acceptors (Lipinski definition) is 9. The second kappa shape index (κ2) is 8.03. The number of ether oxygens (including phenoxy) is 1. The second-order valence-electron chi connectivity index (χ2n) is 5.72. The van der Waals surface area contributed by atoms with Gasteiger partial charge in [-0.1, -0.05) is 11.6 Å². The van der Waals surface area contributed by atoms with Gasteiger partial charge in [0.2, 0.25) is 11.8 Å². The molecule has 0 spiro atoms. The maximum absolute atomic E-state index is 12.8. The summed E-state index contributed by atoms with van der Waals surface area (Å²) in [5, 5.41) is 12.8. The summed E-state index contributed by atoms with van der Waals surface area (Å²) < 4.78 is 43.4. The molecule has 0 atom stereocenters. The summed E-state index contributed by atoms with van der Waals surface area (Å²) in [5.41, 5.74) is 4.09. The van der Waals surface area contributed by atoms with Gasteiger partial charge in [-0.2, -0.15) is 0 Å². The lowest BCUT2D eigenvalue weighted by molar-refractivity contribution is -0.274. The van der Waals surface area contributed by atoms with Crippen molar-refractivity contribution >= 4 is 35.1 Å². The lowest BCUT2D eigenvalue weighted by atomic mass is 10.1. The highest BCUT2D eigenvalue weighted by atomic mass is 35.5. The first-order valence-electron chi connectivity index (χ1n) is 7.94. The molecule has 30 heavy (non-hydrogen) atoms. The number of rotatable bonds is 4. The molecule has 1 aromatic heterocycles. The molecule has 0 bridgehead atoms. The van der Waals surface area contributed by atoms with Gasteiger partial charge in [-0.3, -0.25) is 24.6 Å². The standard InChI is InChI=1S/C14H13ClF3N9O3/c1-26-5-19-10(23-26)12(29)20-9-7(30-14(16,17)18)4-3-6(8(9)15)11(28)21-13-22-24-25-27(13)2/h3-5,24-25H,1-2H3,(H,20,29)(H,21,22,28). The molecule has 0 radical (unpaired) electrons. The van der Waals surface area contributed by atoms with Crippen molar-refractivity contribution in [3.63, 3.8) is 0 Å². The molecule has 4 N–H and O–H groups in total. The Hall–Kier alpha value is -3.59. The van der Waals surface area contributed by atoms with Crippen LogP contribution in [-0.4, -0.2) is 51.0 Å². The average molecular weight is 448 g/mol. The molecule has 0 aliphatic carbocycles. The van der Waals surface area contributed by atoms with E-state index in [1.54, 1.807) is 0 Å². The van der Waals surface area contributed by atoms with E-state index in [9.17, 15) is 22.8 Å². The number of benzene rings is 1. The Bertz CT molecular complexity index is 1020. The first-order valence-corrected chi connectivity index (χ1v) is 8.31. The number of carbonyl (C=O) groups excluding carboxylic acids is 2. The molecule has 12 nitrogen and oxygen atoms in total. The van der Waals surface area contributed by atoms with Gasteiger partial charge in [-0.25, -0.2) is 10.5 Å². The molecule has 1 aromatic carbocycles. The van der Waals surface area contributed by atoms with Crippen LogP contribution in [0, 0.1) is 0 Å². The van der Waals surface area contributed by atoms with Crippen LogP contribution >= 0.6 is 11.6 Å². The number of alkyl halides is 3. The van der Waals surface area contributed by atoms with Crippen LogP contribution < -0.4 is 26.4 Å². The summed E-state index contributed by atoms with van der Waals surface area (Å²) in [5.74, 6) is -2.86. The van der Waals surface area contributed by atoms with E-state index in [0.29, 0.717) is 0 Å². The number of aryl methyl sites for hydroxylation is 1. The summed E-state index contributed by atoms with van der Waals surface area (Å²) in [4.78, 5) is 28.5. The van der Waals surface area contributed by atoms with Crippen molar-refractivity contribution in [1.82, 2.24) is 36.2 Å². The number of nitrogens with one attached hydrogen (secondary N) is 4. The number of anilines is 1. The number of hydrazine groups is 2. The zero-order valence-corrected chi connectivity index (χ0v) is 16.0. The number of carbonyl (C=O) groups is 2. The largest absolute Gasteiger partial charge is 0.573 e. The van der Waals surface area contributed by atoms with Crippen molar-refractivity contribution in [2.24, 2.45) is 12.1 Å². The Balaban J connectivity index is 1.94. The van der Waals surface area contributed by atoms with Crippen molar-refractivity contribution in [1.29, 1.82) is 0 Å². The monoisotopic (exact) mass is 447 g/mol. The van der Waals surface area contributed by atoms with Crippen LogP contribution in [-0.2, 0) is 7.05 Å². The number of halogens is 4. The third-order valence-electron chi connectivity index (χ3n) is 3.54. The quantitative estimate of drug-likeness (QED) is 0.534. The van der Waals surface area contributed by atoms with Crippen LogP contribution in [0.1, 0.15) is 21.0 Å². The highest BCUT2D eigenvalue weighted by Gasteiger charge is 2.34. The predicted molar refractivity (Wildman–Crippen MR) is 96.0 cm³/mol. The van der Waals surface area contributed by atoms with E-state index in [0.717, 1.165) is 12.1 Å². The van der Waals surface area contributed by atoms with Gasteiger partial charge in [0, 0.05) is 14.1 Å². The molecule has 2 aromatic rings. The van der Waals surface area contributed by atoms with Crippen LogP contribution in [0.2, 0.25) is 5.02 Å². The van der Waals surface area contributed by atoms with Gasteiger partial charge in [0.1, 0.15) is 12.0 Å². The molecular weight excluding hydrogens is 435 g/mol. The number of aromatic nitrogens is 3. The van der Waals surface area contributed by atoms with Crippen LogP contribution in [0.4, 0.5) is 18.9 Å². The van der Waals surface area contributed by atoms with Crippen LogP contribution in [0.15, 0.2) is 23.6 Å². The Kier molecular flexibility index (Phi) is 5.66. The van der Waals surface area contributed by atoms with Gasteiger partial charge in [-0.15, -0.1) is 28.9 Å². The van der Waals surface area contributed by atoms with Gasteiger partial charge >= 0.3 is 6.36 Å². The van der Waals surface area contributed by atoms with Crippen molar-refractivity contribution in [3.05, 3.63) is 34.9 Å². The van der Waals surface area contributed by atoms with E-state index >= 15 is 0 Å². The van der Waals surface area contributed by atoms with E-state index in [-0.39, 0.29) is 17.3 Å². The molecule has 3 rings (SSSR count). The number of nitrogens with zero attached hydrogens (tertiary/aromatic N) is 5. The maximum atomic E-state index is 12.8. The number of guanidine groups is 1. The normalized spacial score (nSPS) is 13.5. The molecule has 0 unspecified atom stereocenters. The van der Waals surface area contributed by atoms with Crippen molar-refractivity contribution < 1.29 is 27.5 Å². The first-order chi connectivity index (χ1) is 14.0. The topological polar surface area (TPSA) is 138 Å². The van der Waals surface area contributed by atoms with Gasteiger partial charge in [-0.05, 0) is 12.1 Å². The first kappa shape index (κ1) is 21.1. The fraction of sp³-hybridized carbons (Fsp3) is 0.214. The molecule has 160 valence electrons. The van der Waals surface area contributed by atoms with Crippen LogP contribution in [0.5, 0.6) is 5.75 Å². The summed E-state index contributed by atoms with van der Waals surface area (Å²) in [6.07, 6.45) is -3.86. The van der Waals surface area contributed by atoms with Gasteiger partial charge < -0.3 is 10.1 Å². The summed E-state index contributed by atoms with van der Waals surface area (Å²) in [6.45, 7) is 0. The van der Waals surface area contributed by atoms with Crippen LogP contribution in [0.3, 0.4) is 0 Å². The Labute approximate surface area is 171 Å². The minimum absolute atomic E-state index is 0.0648. The predicted octanol–water partition coefficient (Wildman–Crippen LogP) is 0.575. The molecule has 2 amide bonds. The van der Waals surface area contributed by atoms with Gasteiger partial charge in [0.05, 0.1) is 10.6 Å². The van der Waals surface area contributed by atoms with E-state index < -0.39 is 34.6 Å². The molecule has 2 heterocycles. The molecule has 0 saturated heterocycles. The van der Waals surface area contributed by atoms with Crippen LogP contribution in [0.25, 0.3) is 0 Å². The van der Waals surface area contributed by atoms with Crippen molar-refractivity contribution in [2.45, 2.75) is 6.36 Å². The molecule has 16 heteroatoms. The maximum Gasteiger partial charge on any atom is 0.573 e. The molecule has 0 fully saturated rings. The van der Waals surface area contributed by atoms with E-state index in [2.05, 4.69) is 41.6 Å². The summed E-state index contributed by atoms with van der Waals surface area (Å²) >= 11 is 6.14. The molecule has 1 aliphatic heterocycles. The minimum atomic E-state index is -5.07. The fourth-order valence-corrected chi connectivity index (χ4v) is 2.52. The van der Waals surface area contributed by atoms with E-state index in [1.807, 2.05) is 0 Å². The lowest BCUT2D eigenvalue weighted by Crippen LogP contribution is -2.45. The second-order valence-corrected chi connectivity index (χ2v) is 6.09. The SMILES string of the molecule is CN1NNN=C1NC(=O)c1ccc(OC(F)(F)F)c(NC(=O)c2ncn(C)n2)c1Cl. The highest BCUT2D eigenvalue weighted by molar-refractivity contribution is 6.37. The molecule has 1 aliphatic rings. The Morgan fingerprint density at radius 1 is 1.20 bits per heavy atom. The number of amides is 2. The minimum Gasteiger partial charge on any atom is -0.404 e. The zero-order chi connectivity index (χ0) is 22.1. The Morgan fingerprint density at radius 2 is 1.93 bits per heavy atom. The van der Waals surface area contributed by atoms with E-state index in [1.165, 1.54) is 30.1 Å². The third-order valence-corrected chi connectivity index (χ3v) is 3.93. The molecular formula is C14H13ClF3N9O3. The average Bonchev–Trinajstić information content (AvgIpc) is 3.25. The smallest absolute Gasteiger partial charge is 0.404 e. The zero-order valence-electron chi connectivity index (χ0n) is 15.2. The molecule has 0 saturated carbocycles. The number of hydrazone groups is 1. The summed E-state index contributed by atoms with van der Waals surface area (Å²) in [6, 6.07) is 1.84.